The Hall–Kier alpha value is -3.21. The molecule has 0 spiro atoms. The molecule has 0 amide bonds. The molecule has 2 heterocycles. The molecule has 10 heteroatoms. The van der Waals surface area contributed by atoms with Gasteiger partial charge < -0.3 is 19.9 Å². The number of likely N-dealkylation sites (N-methyl/N-ethyl adjacent to an activating group) is 2. The van der Waals surface area contributed by atoms with Crippen LogP contribution in [0.2, 0.25) is 0 Å². The molecule has 0 radical (unpaired) electrons. The lowest BCUT2D eigenvalue weighted by molar-refractivity contribution is 0.153. The molecule has 0 unspecified atom stereocenters. The maximum Gasteiger partial charge on any atom is 0.159 e. The molecule has 0 fully saturated rings. The van der Waals surface area contributed by atoms with E-state index < -0.39 is 11.6 Å². The largest absolute Gasteiger partial charge is 0.494 e. The van der Waals surface area contributed by atoms with E-state index in [2.05, 4.69) is 40.1 Å². The first-order valence-electron chi connectivity index (χ1n) is 12.2. The summed E-state index contributed by atoms with van der Waals surface area (Å²) < 4.78 is 32.9. The molecular weight excluding hydrogens is 464 g/mol. The zero-order chi connectivity index (χ0) is 25.5. The van der Waals surface area contributed by atoms with Crippen molar-refractivity contribution in [3.05, 3.63) is 76.7 Å². The van der Waals surface area contributed by atoms with Crippen LogP contribution in [0.15, 0.2) is 59.0 Å². The number of amidine groups is 1. The van der Waals surface area contributed by atoms with Gasteiger partial charge in [0, 0.05) is 31.7 Å². The quantitative estimate of drug-likeness (QED) is 0.410. The second-order valence-corrected chi connectivity index (χ2v) is 9.39. The first-order chi connectivity index (χ1) is 17.4. The zero-order valence-electron chi connectivity index (χ0n) is 21.2. The van der Waals surface area contributed by atoms with Gasteiger partial charge in [-0.2, -0.15) is 0 Å². The highest BCUT2D eigenvalue weighted by Gasteiger charge is 2.27. The summed E-state index contributed by atoms with van der Waals surface area (Å²) >= 11 is 0. The minimum Gasteiger partial charge on any atom is -0.494 e. The van der Waals surface area contributed by atoms with E-state index in [1.165, 1.54) is 6.07 Å². The molecule has 0 saturated heterocycles. The molecular formula is C26H35F2N7O. The second kappa shape index (κ2) is 12.2. The number of aliphatic imine (C=N–C) groups is 1. The third-order valence-corrected chi connectivity index (χ3v) is 5.96. The van der Waals surface area contributed by atoms with E-state index in [1.807, 2.05) is 36.2 Å². The fourth-order valence-corrected chi connectivity index (χ4v) is 4.09. The van der Waals surface area contributed by atoms with E-state index in [9.17, 15) is 8.78 Å². The third-order valence-electron chi connectivity index (χ3n) is 5.96. The average Bonchev–Trinajstić information content (AvgIpc) is 2.85. The van der Waals surface area contributed by atoms with Gasteiger partial charge in [-0.05, 0) is 76.1 Å². The molecule has 4 rings (SSSR count). The fraction of sp³-hybridized carbons (Fsp3) is 0.423. The van der Waals surface area contributed by atoms with Gasteiger partial charge in [0.15, 0.2) is 17.5 Å². The minimum absolute atomic E-state index is 0.428. The Balaban J connectivity index is 1.35. The van der Waals surface area contributed by atoms with Crippen LogP contribution in [0.4, 0.5) is 8.78 Å². The van der Waals surface area contributed by atoms with Gasteiger partial charge in [-0.1, -0.05) is 6.07 Å². The second-order valence-electron chi connectivity index (χ2n) is 9.39. The van der Waals surface area contributed by atoms with Crippen molar-refractivity contribution >= 4 is 5.84 Å². The topological polar surface area (TPSA) is 67.4 Å². The maximum absolute atomic E-state index is 13.7. The van der Waals surface area contributed by atoms with Crippen LogP contribution in [0, 0.1) is 11.6 Å². The summed E-state index contributed by atoms with van der Waals surface area (Å²) in [6.07, 6.45) is 0.943. The maximum atomic E-state index is 13.7. The first-order valence-corrected chi connectivity index (χ1v) is 12.2. The van der Waals surface area contributed by atoms with Crippen molar-refractivity contribution in [2.75, 3.05) is 60.6 Å². The minimum atomic E-state index is -0.842. The van der Waals surface area contributed by atoms with Gasteiger partial charge in [-0.25, -0.2) is 13.8 Å². The number of nitrogens with one attached hydrogen (secondary N) is 3. The molecule has 2 aliphatic rings. The SMILES string of the molecule is CN(C)CCNCCCOc1ccc(C2=NC3=C(NN2)N(Cc2ccc(F)c(F)c2)CN(C)C3)cc1. The Bertz CT molecular complexity index is 1090. The third kappa shape index (κ3) is 6.93. The van der Waals surface area contributed by atoms with Crippen LogP contribution in [0.3, 0.4) is 0 Å². The summed E-state index contributed by atoms with van der Waals surface area (Å²) in [6.45, 7) is 5.32. The normalized spacial score (nSPS) is 15.9. The van der Waals surface area contributed by atoms with E-state index in [1.54, 1.807) is 6.07 Å². The summed E-state index contributed by atoms with van der Waals surface area (Å²) in [5, 5.41) is 3.41. The molecule has 8 nitrogen and oxygen atoms in total. The average molecular weight is 500 g/mol. The number of nitrogens with zero attached hydrogens (tertiary/aromatic N) is 4. The van der Waals surface area contributed by atoms with Crippen LogP contribution in [-0.4, -0.2) is 81.1 Å². The lowest BCUT2D eigenvalue weighted by Gasteiger charge is -2.39. The molecule has 2 aromatic carbocycles. The number of ether oxygens (including phenoxy) is 1. The summed E-state index contributed by atoms with van der Waals surface area (Å²) in [7, 11) is 6.13. The van der Waals surface area contributed by atoms with Gasteiger partial charge in [-0.15, -0.1) is 0 Å². The Morgan fingerprint density at radius 2 is 1.86 bits per heavy atom. The zero-order valence-corrected chi connectivity index (χ0v) is 21.2. The molecule has 2 aliphatic heterocycles. The Morgan fingerprint density at radius 1 is 1.06 bits per heavy atom. The van der Waals surface area contributed by atoms with Crippen LogP contribution in [0.1, 0.15) is 17.5 Å². The van der Waals surface area contributed by atoms with Gasteiger partial charge in [0.1, 0.15) is 11.6 Å². The first kappa shape index (κ1) is 25.9. The molecule has 0 atom stereocenters. The summed E-state index contributed by atoms with van der Waals surface area (Å²) in [4.78, 5) is 11.2. The lowest BCUT2D eigenvalue weighted by atomic mass is 10.1. The van der Waals surface area contributed by atoms with Gasteiger partial charge in [0.2, 0.25) is 0 Å². The number of hydrogen-bond donors (Lipinski definition) is 3. The number of halogens is 2. The van der Waals surface area contributed by atoms with Crippen molar-refractivity contribution in [1.82, 2.24) is 30.9 Å². The van der Waals surface area contributed by atoms with E-state index >= 15 is 0 Å². The fourth-order valence-electron chi connectivity index (χ4n) is 4.09. The highest BCUT2D eigenvalue weighted by molar-refractivity contribution is 5.99. The van der Waals surface area contributed by atoms with Crippen LogP contribution >= 0.6 is 0 Å². The molecule has 0 bridgehead atoms. The molecule has 0 saturated carbocycles. The van der Waals surface area contributed by atoms with Crippen molar-refractivity contribution in [3.63, 3.8) is 0 Å². The summed E-state index contributed by atoms with van der Waals surface area (Å²) in [6, 6.07) is 11.9. The number of benzene rings is 2. The molecule has 36 heavy (non-hydrogen) atoms. The standard InChI is InChI=1S/C26H35F2N7O/c1-33(2)13-12-29-11-4-14-36-21-8-6-20(7-9-21)25-30-24-17-34(3)18-35(26(24)32-31-25)16-19-5-10-22(27)23(28)15-19/h5-10,15,29,32H,4,11-14,16-18H2,1-3H3,(H,30,31). The van der Waals surface area contributed by atoms with Crippen molar-refractivity contribution in [2.45, 2.75) is 13.0 Å². The highest BCUT2D eigenvalue weighted by Crippen LogP contribution is 2.23. The predicted octanol–water partition coefficient (Wildman–Crippen LogP) is 2.31. The van der Waals surface area contributed by atoms with Gasteiger partial charge in [0.05, 0.1) is 19.0 Å². The van der Waals surface area contributed by atoms with Crippen molar-refractivity contribution in [2.24, 2.45) is 4.99 Å². The van der Waals surface area contributed by atoms with Crippen molar-refractivity contribution < 1.29 is 13.5 Å². The predicted molar refractivity (Wildman–Crippen MR) is 137 cm³/mol. The van der Waals surface area contributed by atoms with Gasteiger partial charge in [-0.3, -0.25) is 15.8 Å². The molecule has 3 N–H and O–H groups in total. The molecule has 0 aliphatic carbocycles. The van der Waals surface area contributed by atoms with Crippen molar-refractivity contribution in [1.29, 1.82) is 0 Å². The van der Waals surface area contributed by atoms with E-state index in [-0.39, 0.29) is 0 Å². The molecule has 194 valence electrons. The van der Waals surface area contributed by atoms with Crippen molar-refractivity contribution in [3.8, 4) is 5.75 Å². The van der Waals surface area contributed by atoms with Gasteiger partial charge >= 0.3 is 0 Å². The number of hydrazine groups is 1. The highest BCUT2D eigenvalue weighted by atomic mass is 19.2. The summed E-state index contributed by atoms with van der Waals surface area (Å²) in [5.41, 5.74) is 8.94. The number of rotatable bonds is 11. The van der Waals surface area contributed by atoms with Crippen LogP contribution < -0.4 is 20.9 Å². The Kier molecular flexibility index (Phi) is 8.74. The molecule has 2 aromatic rings. The van der Waals surface area contributed by atoms with E-state index in [0.29, 0.717) is 37.8 Å². The van der Waals surface area contributed by atoms with Gasteiger partial charge in [0.25, 0.3) is 0 Å². The smallest absolute Gasteiger partial charge is 0.159 e. The van der Waals surface area contributed by atoms with Crippen LogP contribution in [-0.2, 0) is 6.54 Å². The Labute approximate surface area is 211 Å². The van der Waals surface area contributed by atoms with Crippen LogP contribution in [0.25, 0.3) is 0 Å². The van der Waals surface area contributed by atoms with Crippen LogP contribution in [0.5, 0.6) is 5.75 Å². The molecule has 0 aromatic heterocycles. The number of hydrogen-bond acceptors (Lipinski definition) is 8. The van der Waals surface area contributed by atoms with E-state index in [0.717, 1.165) is 55.0 Å². The monoisotopic (exact) mass is 499 g/mol. The lowest BCUT2D eigenvalue weighted by Crippen LogP contribution is -2.52. The summed E-state index contributed by atoms with van der Waals surface area (Å²) in [5.74, 6) is 0.692. The van der Waals surface area contributed by atoms with E-state index in [4.69, 9.17) is 9.73 Å². The Morgan fingerprint density at radius 3 is 2.61 bits per heavy atom.